The summed E-state index contributed by atoms with van der Waals surface area (Å²) >= 11 is 7.79. The molecule has 2 heterocycles. The Morgan fingerprint density at radius 3 is 2.84 bits per heavy atom. The van der Waals surface area contributed by atoms with Crippen molar-refractivity contribution in [3.8, 4) is 0 Å². The molecule has 1 aliphatic carbocycles. The van der Waals surface area contributed by atoms with Crippen LogP contribution < -0.4 is 4.90 Å². The van der Waals surface area contributed by atoms with Crippen molar-refractivity contribution in [1.29, 1.82) is 0 Å². The third-order valence-corrected chi connectivity index (χ3v) is 5.34. The molecule has 0 amide bonds. The van der Waals surface area contributed by atoms with Gasteiger partial charge in [0, 0.05) is 18.0 Å². The van der Waals surface area contributed by atoms with Gasteiger partial charge in [0.25, 0.3) is 0 Å². The fourth-order valence-corrected chi connectivity index (χ4v) is 3.64. The van der Waals surface area contributed by atoms with Crippen molar-refractivity contribution in [3.63, 3.8) is 0 Å². The van der Waals surface area contributed by atoms with Crippen LogP contribution in [0.15, 0.2) is 6.07 Å². The summed E-state index contributed by atoms with van der Waals surface area (Å²) in [6, 6.07) is 2.72. The van der Waals surface area contributed by atoms with Crippen molar-refractivity contribution >= 4 is 39.0 Å². The number of aromatic nitrogens is 2. The van der Waals surface area contributed by atoms with E-state index >= 15 is 0 Å². The standard InChI is InChI=1S/C14H18ClN3S/c1-4-10-7-11-12(16-14(15)17-13(11)19-10)18(3)8(2)9-5-6-9/h7-9H,4-6H2,1-3H3. The summed E-state index contributed by atoms with van der Waals surface area (Å²) in [6.07, 6.45) is 3.69. The molecular formula is C14H18ClN3S. The second kappa shape index (κ2) is 4.91. The van der Waals surface area contributed by atoms with Crippen LogP contribution in [0.5, 0.6) is 0 Å². The summed E-state index contributed by atoms with van der Waals surface area (Å²) in [5.74, 6) is 1.78. The van der Waals surface area contributed by atoms with Gasteiger partial charge in [0.2, 0.25) is 5.28 Å². The number of fused-ring (bicyclic) bond motifs is 1. The van der Waals surface area contributed by atoms with E-state index in [1.807, 2.05) is 0 Å². The molecule has 3 rings (SSSR count). The van der Waals surface area contributed by atoms with Gasteiger partial charge in [-0.1, -0.05) is 6.92 Å². The normalized spacial score (nSPS) is 16.8. The first-order valence-electron chi connectivity index (χ1n) is 6.79. The molecule has 0 aliphatic heterocycles. The molecule has 5 heteroatoms. The highest BCUT2D eigenvalue weighted by Crippen LogP contribution is 2.38. The summed E-state index contributed by atoms with van der Waals surface area (Å²) < 4.78 is 0. The molecule has 0 saturated heterocycles. The van der Waals surface area contributed by atoms with E-state index in [1.54, 1.807) is 11.3 Å². The molecule has 0 aromatic carbocycles. The number of hydrogen-bond donors (Lipinski definition) is 0. The Bertz CT molecular complexity index is 606. The van der Waals surface area contributed by atoms with Crippen molar-refractivity contribution in [2.45, 2.75) is 39.2 Å². The van der Waals surface area contributed by atoms with Gasteiger partial charge in [-0.3, -0.25) is 0 Å². The van der Waals surface area contributed by atoms with Crippen LogP contribution in [0.2, 0.25) is 5.28 Å². The Balaban J connectivity index is 2.07. The summed E-state index contributed by atoms with van der Waals surface area (Å²) in [7, 11) is 2.12. The summed E-state index contributed by atoms with van der Waals surface area (Å²) in [4.78, 5) is 13.4. The molecule has 1 aliphatic rings. The summed E-state index contributed by atoms with van der Waals surface area (Å²) in [5.41, 5.74) is 0. The third kappa shape index (κ3) is 2.43. The van der Waals surface area contributed by atoms with Gasteiger partial charge in [-0.15, -0.1) is 11.3 Å². The lowest BCUT2D eigenvalue weighted by atomic mass is 10.2. The minimum atomic E-state index is 0.349. The van der Waals surface area contributed by atoms with Gasteiger partial charge in [-0.25, -0.2) is 4.98 Å². The number of aryl methyl sites for hydroxylation is 1. The second-order valence-corrected chi connectivity index (χ2v) is 6.74. The molecule has 1 unspecified atom stereocenters. The van der Waals surface area contributed by atoms with Crippen LogP contribution >= 0.6 is 22.9 Å². The fourth-order valence-electron chi connectivity index (χ4n) is 2.46. The predicted molar refractivity (Wildman–Crippen MR) is 82.4 cm³/mol. The number of anilines is 1. The number of thiophene rings is 1. The maximum atomic E-state index is 6.08. The Morgan fingerprint density at radius 2 is 2.21 bits per heavy atom. The number of rotatable bonds is 4. The van der Waals surface area contributed by atoms with Gasteiger partial charge in [0.15, 0.2) is 0 Å². The molecule has 1 fully saturated rings. The molecule has 1 atom stereocenters. The first kappa shape index (κ1) is 13.1. The van der Waals surface area contributed by atoms with E-state index in [-0.39, 0.29) is 0 Å². The van der Waals surface area contributed by atoms with Gasteiger partial charge in [0.1, 0.15) is 10.6 Å². The van der Waals surface area contributed by atoms with Crippen LogP contribution in [0.4, 0.5) is 5.82 Å². The fraction of sp³-hybridized carbons (Fsp3) is 0.571. The summed E-state index contributed by atoms with van der Waals surface area (Å²) in [5, 5.41) is 1.49. The molecule has 0 bridgehead atoms. The zero-order valence-corrected chi connectivity index (χ0v) is 13.1. The quantitative estimate of drug-likeness (QED) is 0.794. The third-order valence-electron chi connectivity index (χ3n) is 3.99. The summed E-state index contributed by atoms with van der Waals surface area (Å²) in [6.45, 7) is 4.43. The lowest BCUT2D eigenvalue weighted by Gasteiger charge is -2.26. The Morgan fingerprint density at radius 1 is 1.47 bits per heavy atom. The van der Waals surface area contributed by atoms with Crippen LogP contribution in [0.1, 0.15) is 31.6 Å². The van der Waals surface area contributed by atoms with Gasteiger partial charge in [-0.05, 0) is 49.8 Å². The monoisotopic (exact) mass is 295 g/mol. The van der Waals surface area contributed by atoms with Crippen LogP contribution in [-0.4, -0.2) is 23.1 Å². The highest BCUT2D eigenvalue weighted by atomic mass is 35.5. The van der Waals surface area contributed by atoms with Crippen LogP contribution in [0.25, 0.3) is 10.2 Å². The minimum absolute atomic E-state index is 0.349. The Labute approximate surface area is 122 Å². The van der Waals surface area contributed by atoms with Gasteiger partial charge < -0.3 is 4.90 Å². The van der Waals surface area contributed by atoms with Crippen LogP contribution in [0.3, 0.4) is 0 Å². The highest BCUT2D eigenvalue weighted by molar-refractivity contribution is 7.18. The Hall–Kier alpha value is -0.870. The zero-order chi connectivity index (χ0) is 13.6. The largest absolute Gasteiger partial charge is 0.356 e. The lowest BCUT2D eigenvalue weighted by molar-refractivity contribution is 0.605. The first-order valence-corrected chi connectivity index (χ1v) is 7.98. The minimum Gasteiger partial charge on any atom is -0.356 e. The van der Waals surface area contributed by atoms with E-state index < -0.39 is 0 Å². The van der Waals surface area contributed by atoms with Crippen molar-refractivity contribution in [3.05, 3.63) is 16.2 Å². The van der Waals surface area contributed by atoms with Gasteiger partial charge in [-0.2, -0.15) is 4.98 Å². The maximum Gasteiger partial charge on any atom is 0.225 e. The molecule has 19 heavy (non-hydrogen) atoms. The Kier molecular flexibility index (Phi) is 3.39. The van der Waals surface area contributed by atoms with Crippen molar-refractivity contribution in [1.82, 2.24) is 9.97 Å². The average molecular weight is 296 g/mol. The van der Waals surface area contributed by atoms with Gasteiger partial charge >= 0.3 is 0 Å². The second-order valence-electron chi connectivity index (χ2n) is 5.29. The number of nitrogens with zero attached hydrogens (tertiary/aromatic N) is 3. The maximum absolute atomic E-state index is 6.08. The lowest BCUT2D eigenvalue weighted by Crippen LogP contribution is -2.31. The SMILES string of the molecule is CCc1cc2c(N(C)C(C)C3CC3)nc(Cl)nc2s1. The molecule has 2 aromatic heterocycles. The molecule has 0 spiro atoms. The van der Waals surface area contributed by atoms with Crippen molar-refractivity contribution < 1.29 is 0 Å². The molecule has 2 aromatic rings. The van der Waals surface area contributed by atoms with E-state index in [2.05, 4.69) is 41.8 Å². The van der Waals surface area contributed by atoms with Crippen LogP contribution in [0, 0.1) is 5.92 Å². The van der Waals surface area contributed by atoms with E-state index in [1.165, 1.54) is 17.7 Å². The molecule has 1 saturated carbocycles. The van der Waals surface area contributed by atoms with Gasteiger partial charge in [0.05, 0.1) is 5.39 Å². The zero-order valence-electron chi connectivity index (χ0n) is 11.5. The van der Waals surface area contributed by atoms with Crippen molar-refractivity contribution in [2.75, 3.05) is 11.9 Å². The molecule has 3 nitrogen and oxygen atoms in total. The topological polar surface area (TPSA) is 29.0 Å². The smallest absolute Gasteiger partial charge is 0.225 e. The average Bonchev–Trinajstić information content (AvgIpc) is 3.16. The molecule has 102 valence electrons. The van der Waals surface area contributed by atoms with Crippen molar-refractivity contribution in [2.24, 2.45) is 5.92 Å². The molecular weight excluding hydrogens is 278 g/mol. The highest BCUT2D eigenvalue weighted by Gasteiger charge is 2.32. The number of halogens is 1. The number of hydrogen-bond acceptors (Lipinski definition) is 4. The molecule has 0 N–H and O–H groups in total. The van der Waals surface area contributed by atoms with E-state index in [9.17, 15) is 0 Å². The van der Waals surface area contributed by atoms with E-state index in [4.69, 9.17) is 11.6 Å². The predicted octanol–water partition coefficient (Wildman–Crippen LogP) is 4.14. The van der Waals surface area contributed by atoms with E-state index in [0.29, 0.717) is 11.3 Å². The van der Waals surface area contributed by atoms with Crippen LogP contribution in [-0.2, 0) is 6.42 Å². The first-order chi connectivity index (χ1) is 9.10. The molecule has 0 radical (unpaired) electrons. The van der Waals surface area contributed by atoms with E-state index in [0.717, 1.165) is 28.4 Å².